The molecule has 138 valence electrons. The number of anilines is 2. The van der Waals surface area contributed by atoms with Crippen LogP contribution in [0.2, 0.25) is 5.02 Å². The molecule has 0 aliphatic carbocycles. The first-order chi connectivity index (χ1) is 13.1. The van der Waals surface area contributed by atoms with E-state index < -0.39 is 0 Å². The fourth-order valence-electron chi connectivity index (χ4n) is 2.45. The highest BCUT2D eigenvalue weighted by Crippen LogP contribution is 2.32. The van der Waals surface area contributed by atoms with Crippen molar-refractivity contribution >= 4 is 29.0 Å². The number of carbonyl (C=O) groups is 1. The topological polar surface area (TPSA) is 76.1 Å². The lowest BCUT2D eigenvalue weighted by molar-refractivity contribution is 0.0950. The van der Waals surface area contributed by atoms with Gasteiger partial charge in [0, 0.05) is 23.5 Å². The summed E-state index contributed by atoms with van der Waals surface area (Å²) in [5.41, 5.74) is 2.93. The number of carbonyl (C=O) groups excluding carboxylic acids is 1. The second kappa shape index (κ2) is 8.51. The lowest BCUT2D eigenvalue weighted by Crippen LogP contribution is -2.23. The Kier molecular flexibility index (Phi) is 5.88. The van der Waals surface area contributed by atoms with E-state index in [2.05, 4.69) is 20.6 Å². The summed E-state index contributed by atoms with van der Waals surface area (Å²) in [6, 6.07) is 12.6. The van der Waals surface area contributed by atoms with Crippen LogP contribution in [0.15, 0.2) is 54.9 Å². The number of amides is 1. The van der Waals surface area contributed by atoms with Gasteiger partial charge < -0.3 is 15.4 Å². The zero-order valence-corrected chi connectivity index (χ0v) is 15.7. The molecular formula is C20H19ClN4O2. The van der Waals surface area contributed by atoms with Crippen molar-refractivity contribution in [2.24, 2.45) is 0 Å². The van der Waals surface area contributed by atoms with Crippen LogP contribution in [0.25, 0.3) is 0 Å². The van der Waals surface area contributed by atoms with Crippen molar-refractivity contribution in [1.82, 2.24) is 15.3 Å². The third-order valence-electron chi connectivity index (χ3n) is 3.93. The van der Waals surface area contributed by atoms with Crippen molar-refractivity contribution in [2.75, 3.05) is 12.4 Å². The summed E-state index contributed by atoms with van der Waals surface area (Å²) < 4.78 is 5.34. The molecule has 2 heterocycles. The van der Waals surface area contributed by atoms with Gasteiger partial charge >= 0.3 is 0 Å². The first-order valence-electron chi connectivity index (χ1n) is 8.32. The van der Waals surface area contributed by atoms with Crippen LogP contribution < -0.4 is 15.4 Å². The number of aryl methyl sites for hydroxylation is 1. The molecule has 1 amide bonds. The molecule has 2 aromatic heterocycles. The van der Waals surface area contributed by atoms with E-state index in [1.54, 1.807) is 31.5 Å². The zero-order chi connectivity index (χ0) is 19.2. The van der Waals surface area contributed by atoms with Crippen LogP contribution in [-0.4, -0.2) is 23.0 Å². The minimum absolute atomic E-state index is 0.209. The Morgan fingerprint density at radius 1 is 1.19 bits per heavy atom. The summed E-state index contributed by atoms with van der Waals surface area (Å²) in [5.74, 6) is 1.00. The number of benzene rings is 1. The minimum Gasteiger partial charge on any atom is -0.495 e. The predicted octanol–water partition coefficient (Wildman–Crippen LogP) is 4.12. The second-order valence-corrected chi connectivity index (χ2v) is 6.27. The number of ether oxygens (including phenoxy) is 1. The van der Waals surface area contributed by atoms with Gasteiger partial charge in [-0.05, 0) is 42.8 Å². The average molecular weight is 383 g/mol. The summed E-state index contributed by atoms with van der Waals surface area (Å²) >= 11 is 6.12. The molecule has 0 saturated heterocycles. The van der Waals surface area contributed by atoms with E-state index in [9.17, 15) is 4.79 Å². The summed E-state index contributed by atoms with van der Waals surface area (Å²) in [4.78, 5) is 20.7. The van der Waals surface area contributed by atoms with Crippen molar-refractivity contribution < 1.29 is 9.53 Å². The van der Waals surface area contributed by atoms with Crippen LogP contribution in [0.1, 0.15) is 21.6 Å². The number of methoxy groups -OCH3 is 1. The summed E-state index contributed by atoms with van der Waals surface area (Å²) in [5, 5.41) is 6.63. The number of pyridine rings is 2. The van der Waals surface area contributed by atoms with Gasteiger partial charge in [-0.15, -0.1) is 0 Å². The number of hydrogen-bond acceptors (Lipinski definition) is 5. The molecule has 0 saturated carbocycles. The number of hydrogen-bond donors (Lipinski definition) is 2. The Morgan fingerprint density at radius 3 is 2.70 bits per heavy atom. The van der Waals surface area contributed by atoms with Gasteiger partial charge in [-0.25, -0.2) is 4.98 Å². The largest absolute Gasteiger partial charge is 0.495 e. The molecule has 3 rings (SSSR count). The molecule has 0 atom stereocenters. The highest BCUT2D eigenvalue weighted by atomic mass is 35.5. The molecule has 2 N–H and O–H groups in total. The molecule has 0 aliphatic rings. The van der Waals surface area contributed by atoms with E-state index in [1.165, 1.54) is 6.20 Å². The fraction of sp³-hybridized carbons (Fsp3) is 0.150. The smallest absolute Gasteiger partial charge is 0.253 e. The minimum atomic E-state index is -0.209. The summed E-state index contributed by atoms with van der Waals surface area (Å²) in [6.07, 6.45) is 3.21. The van der Waals surface area contributed by atoms with Crippen molar-refractivity contribution in [1.29, 1.82) is 0 Å². The Balaban J connectivity index is 1.67. The summed E-state index contributed by atoms with van der Waals surface area (Å²) in [7, 11) is 1.58. The monoisotopic (exact) mass is 382 g/mol. The molecule has 7 heteroatoms. The van der Waals surface area contributed by atoms with Gasteiger partial charge in [-0.2, -0.15) is 0 Å². The first kappa shape index (κ1) is 18.7. The van der Waals surface area contributed by atoms with E-state index >= 15 is 0 Å². The maximum atomic E-state index is 12.2. The normalized spacial score (nSPS) is 10.3. The number of nitrogens with one attached hydrogen (secondary N) is 2. The Hall–Kier alpha value is -3.12. The predicted molar refractivity (Wildman–Crippen MR) is 106 cm³/mol. The molecule has 0 bridgehead atoms. The van der Waals surface area contributed by atoms with Crippen LogP contribution in [0.5, 0.6) is 5.75 Å². The zero-order valence-electron chi connectivity index (χ0n) is 15.0. The third kappa shape index (κ3) is 4.74. The Bertz CT molecular complexity index is 931. The maximum Gasteiger partial charge on any atom is 0.253 e. The number of halogens is 1. The molecule has 0 radical (unpaired) electrons. The van der Waals surface area contributed by atoms with Crippen molar-refractivity contribution in [2.45, 2.75) is 13.5 Å². The highest BCUT2D eigenvalue weighted by Gasteiger charge is 2.10. The van der Waals surface area contributed by atoms with Gasteiger partial charge in [0.15, 0.2) is 0 Å². The van der Waals surface area contributed by atoms with Crippen LogP contribution in [0, 0.1) is 6.92 Å². The van der Waals surface area contributed by atoms with Gasteiger partial charge in [-0.1, -0.05) is 17.7 Å². The SMILES string of the molecule is COc1cc(Cl)c(C)cc1Nc1ccc(C(=O)NCc2ccccn2)cn1. The molecule has 0 unspecified atom stereocenters. The maximum absolute atomic E-state index is 12.2. The molecule has 0 aliphatic heterocycles. The van der Waals surface area contributed by atoms with Crippen LogP contribution in [0.4, 0.5) is 11.5 Å². The molecule has 0 spiro atoms. The third-order valence-corrected chi connectivity index (χ3v) is 4.33. The lowest BCUT2D eigenvalue weighted by atomic mass is 10.2. The molecular weight excluding hydrogens is 364 g/mol. The van der Waals surface area contributed by atoms with Gasteiger partial charge in [0.05, 0.1) is 30.6 Å². The van der Waals surface area contributed by atoms with E-state index in [1.807, 2.05) is 31.2 Å². The Morgan fingerprint density at radius 2 is 2.04 bits per heavy atom. The van der Waals surface area contributed by atoms with E-state index in [-0.39, 0.29) is 5.91 Å². The molecule has 3 aromatic rings. The fourth-order valence-corrected chi connectivity index (χ4v) is 2.60. The van der Waals surface area contributed by atoms with E-state index in [4.69, 9.17) is 16.3 Å². The lowest BCUT2D eigenvalue weighted by Gasteiger charge is -2.13. The summed E-state index contributed by atoms with van der Waals surface area (Å²) in [6.45, 7) is 2.27. The van der Waals surface area contributed by atoms with E-state index in [0.717, 1.165) is 16.9 Å². The highest BCUT2D eigenvalue weighted by molar-refractivity contribution is 6.31. The standard InChI is InChI=1S/C20H19ClN4O2/c1-13-9-17(18(27-2)10-16(13)21)25-19-7-6-14(11-23-19)20(26)24-12-15-5-3-4-8-22-15/h3-11H,12H2,1-2H3,(H,23,25)(H,24,26). The van der Waals surface area contributed by atoms with Gasteiger partial charge in [0.1, 0.15) is 11.6 Å². The molecule has 27 heavy (non-hydrogen) atoms. The molecule has 0 fully saturated rings. The number of nitrogens with zero attached hydrogens (tertiary/aromatic N) is 2. The first-order valence-corrected chi connectivity index (χ1v) is 8.70. The molecule has 1 aromatic carbocycles. The van der Waals surface area contributed by atoms with Crippen LogP contribution in [0.3, 0.4) is 0 Å². The van der Waals surface area contributed by atoms with Crippen molar-refractivity contribution in [3.05, 3.63) is 76.7 Å². The molecule has 6 nitrogen and oxygen atoms in total. The van der Waals surface area contributed by atoms with Gasteiger partial charge in [0.25, 0.3) is 5.91 Å². The quantitative estimate of drug-likeness (QED) is 0.670. The Labute approximate surface area is 162 Å². The van der Waals surface area contributed by atoms with Gasteiger partial charge in [0.2, 0.25) is 0 Å². The van der Waals surface area contributed by atoms with E-state index in [0.29, 0.717) is 28.7 Å². The van der Waals surface area contributed by atoms with Gasteiger partial charge in [-0.3, -0.25) is 9.78 Å². The number of aromatic nitrogens is 2. The average Bonchev–Trinajstić information content (AvgIpc) is 2.70. The van der Waals surface area contributed by atoms with Crippen molar-refractivity contribution in [3.8, 4) is 5.75 Å². The second-order valence-electron chi connectivity index (χ2n) is 5.86. The van der Waals surface area contributed by atoms with Crippen molar-refractivity contribution in [3.63, 3.8) is 0 Å². The number of rotatable bonds is 6. The van der Waals surface area contributed by atoms with Crippen LogP contribution in [-0.2, 0) is 6.54 Å². The van der Waals surface area contributed by atoms with Crippen LogP contribution >= 0.6 is 11.6 Å².